The van der Waals surface area contributed by atoms with E-state index in [1.54, 1.807) is 29.5 Å². The molecule has 1 heterocycles. The third-order valence-corrected chi connectivity index (χ3v) is 3.92. The molecule has 0 fully saturated rings. The Kier molecular flexibility index (Phi) is 4.29. The lowest BCUT2D eigenvalue weighted by Crippen LogP contribution is -2.15. The summed E-state index contributed by atoms with van der Waals surface area (Å²) in [7, 11) is 0. The molecule has 6 heteroatoms. The summed E-state index contributed by atoms with van der Waals surface area (Å²) in [6, 6.07) is 8.94. The van der Waals surface area contributed by atoms with Crippen LogP contribution in [0.1, 0.15) is 15.2 Å². The number of nitrogens with two attached hydrogens (primary N) is 2. The van der Waals surface area contributed by atoms with E-state index in [0.29, 0.717) is 23.5 Å². The molecule has 0 spiro atoms. The van der Waals surface area contributed by atoms with Crippen LogP contribution in [0.3, 0.4) is 0 Å². The second kappa shape index (κ2) is 5.95. The van der Waals surface area contributed by atoms with Gasteiger partial charge in [-0.15, -0.1) is 11.3 Å². The molecular formula is C13H14ClN3OS. The fourth-order valence-corrected chi connectivity index (χ4v) is 2.81. The van der Waals surface area contributed by atoms with Crippen LogP contribution in [0.5, 0.6) is 0 Å². The molecule has 2 rings (SSSR count). The Hall–Kier alpha value is -1.72. The van der Waals surface area contributed by atoms with Gasteiger partial charge in [0, 0.05) is 22.8 Å². The second-order valence-corrected chi connectivity index (χ2v) is 5.85. The predicted molar refractivity (Wildman–Crippen MR) is 80.9 cm³/mol. The number of carbonyl (C=O) groups excluding carboxylic acids is 1. The van der Waals surface area contributed by atoms with E-state index in [1.807, 2.05) is 12.1 Å². The number of halogens is 1. The van der Waals surface area contributed by atoms with Crippen molar-refractivity contribution in [2.45, 2.75) is 6.42 Å². The van der Waals surface area contributed by atoms with Crippen molar-refractivity contribution in [2.24, 2.45) is 5.73 Å². The van der Waals surface area contributed by atoms with Gasteiger partial charge < -0.3 is 16.8 Å². The Bertz CT molecular complexity index is 597. The summed E-state index contributed by atoms with van der Waals surface area (Å²) in [6.07, 6.45) is 0.833. The van der Waals surface area contributed by atoms with Crippen molar-refractivity contribution >= 4 is 40.2 Å². The Morgan fingerprint density at radius 3 is 2.74 bits per heavy atom. The Labute approximate surface area is 120 Å². The number of thiophene rings is 1. The van der Waals surface area contributed by atoms with Crippen LogP contribution in [0.15, 0.2) is 30.3 Å². The minimum Gasteiger partial charge on any atom is -0.399 e. The quantitative estimate of drug-likeness (QED) is 0.742. The van der Waals surface area contributed by atoms with Crippen molar-refractivity contribution in [3.8, 4) is 0 Å². The van der Waals surface area contributed by atoms with E-state index in [4.69, 9.17) is 23.1 Å². The summed E-state index contributed by atoms with van der Waals surface area (Å²) in [4.78, 5) is 12.5. The van der Waals surface area contributed by atoms with Crippen LogP contribution < -0.4 is 16.8 Å². The molecule has 0 bridgehead atoms. The largest absolute Gasteiger partial charge is 0.399 e. The Balaban J connectivity index is 2.01. The highest BCUT2D eigenvalue weighted by Crippen LogP contribution is 2.22. The smallest absolute Gasteiger partial charge is 0.250 e. The van der Waals surface area contributed by atoms with Crippen molar-refractivity contribution in [2.75, 3.05) is 17.6 Å². The van der Waals surface area contributed by atoms with Crippen molar-refractivity contribution in [1.29, 1.82) is 0 Å². The SMILES string of the molecule is NC(=O)c1cc(N)ccc1NCCc1ccc(Cl)s1. The van der Waals surface area contributed by atoms with Gasteiger partial charge in [-0.2, -0.15) is 0 Å². The minimum absolute atomic E-state index is 0.407. The zero-order valence-corrected chi connectivity index (χ0v) is 11.7. The van der Waals surface area contributed by atoms with E-state index >= 15 is 0 Å². The first-order valence-corrected chi connectivity index (χ1v) is 6.93. The van der Waals surface area contributed by atoms with Gasteiger partial charge in [0.15, 0.2) is 0 Å². The molecule has 0 unspecified atom stereocenters. The first-order valence-electron chi connectivity index (χ1n) is 5.73. The summed E-state index contributed by atoms with van der Waals surface area (Å²) >= 11 is 7.41. The van der Waals surface area contributed by atoms with Gasteiger partial charge in [-0.05, 0) is 36.8 Å². The lowest BCUT2D eigenvalue weighted by Gasteiger charge is -2.10. The van der Waals surface area contributed by atoms with Gasteiger partial charge in [0.25, 0.3) is 5.91 Å². The van der Waals surface area contributed by atoms with Gasteiger partial charge in [-0.25, -0.2) is 0 Å². The fraction of sp³-hybridized carbons (Fsp3) is 0.154. The van der Waals surface area contributed by atoms with Gasteiger partial charge in [0.05, 0.1) is 9.90 Å². The summed E-state index contributed by atoms with van der Waals surface area (Å²) in [6.45, 7) is 0.695. The van der Waals surface area contributed by atoms with E-state index in [2.05, 4.69) is 5.32 Å². The van der Waals surface area contributed by atoms with Crippen molar-refractivity contribution in [1.82, 2.24) is 0 Å². The van der Waals surface area contributed by atoms with Gasteiger partial charge in [0.2, 0.25) is 0 Å². The summed E-state index contributed by atoms with van der Waals surface area (Å²) in [5.41, 5.74) is 12.6. The third-order valence-electron chi connectivity index (χ3n) is 2.62. The monoisotopic (exact) mass is 295 g/mol. The molecule has 0 aliphatic rings. The van der Waals surface area contributed by atoms with Crippen LogP contribution in [0.25, 0.3) is 0 Å². The third kappa shape index (κ3) is 3.62. The number of primary amides is 1. The van der Waals surface area contributed by atoms with E-state index in [-0.39, 0.29) is 0 Å². The van der Waals surface area contributed by atoms with Gasteiger partial charge in [0.1, 0.15) is 0 Å². The normalized spacial score (nSPS) is 10.4. The highest BCUT2D eigenvalue weighted by Gasteiger charge is 2.08. The lowest BCUT2D eigenvalue weighted by molar-refractivity contribution is 0.100. The summed E-state index contributed by atoms with van der Waals surface area (Å²) < 4.78 is 0.778. The zero-order valence-electron chi connectivity index (χ0n) is 10.2. The first kappa shape index (κ1) is 13.7. The highest BCUT2D eigenvalue weighted by atomic mass is 35.5. The topological polar surface area (TPSA) is 81.1 Å². The van der Waals surface area contributed by atoms with E-state index in [9.17, 15) is 4.79 Å². The number of anilines is 2. The number of carbonyl (C=O) groups is 1. The highest BCUT2D eigenvalue weighted by molar-refractivity contribution is 7.16. The molecule has 5 N–H and O–H groups in total. The summed E-state index contributed by atoms with van der Waals surface area (Å²) in [5.74, 6) is -0.492. The van der Waals surface area contributed by atoms with Crippen LogP contribution in [0.2, 0.25) is 4.34 Å². The molecule has 2 aromatic rings. The van der Waals surface area contributed by atoms with Crippen molar-refractivity contribution in [3.05, 3.63) is 45.1 Å². The number of hydrogen-bond acceptors (Lipinski definition) is 4. The van der Waals surface area contributed by atoms with Crippen molar-refractivity contribution < 1.29 is 4.79 Å². The molecule has 1 amide bonds. The van der Waals surface area contributed by atoms with Gasteiger partial charge in [-0.1, -0.05) is 11.6 Å². The minimum atomic E-state index is -0.492. The first-order chi connectivity index (χ1) is 9.06. The molecule has 19 heavy (non-hydrogen) atoms. The molecule has 0 radical (unpaired) electrons. The van der Waals surface area contributed by atoms with E-state index < -0.39 is 5.91 Å². The number of hydrogen-bond donors (Lipinski definition) is 3. The molecule has 4 nitrogen and oxygen atoms in total. The zero-order chi connectivity index (χ0) is 13.8. The van der Waals surface area contributed by atoms with Gasteiger partial charge >= 0.3 is 0 Å². The average Bonchev–Trinajstić information content (AvgIpc) is 2.77. The van der Waals surface area contributed by atoms with E-state index in [0.717, 1.165) is 10.8 Å². The molecular weight excluding hydrogens is 282 g/mol. The second-order valence-electron chi connectivity index (χ2n) is 4.05. The molecule has 1 aromatic carbocycles. The predicted octanol–water partition coefficient (Wildman–Crippen LogP) is 2.74. The van der Waals surface area contributed by atoms with Gasteiger partial charge in [-0.3, -0.25) is 4.79 Å². The molecule has 1 aromatic heterocycles. The van der Waals surface area contributed by atoms with Crippen LogP contribution in [0, 0.1) is 0 Å². The van der Waals surface area contributed by atoms with Crippen molar-refractivity contribution in [3.63, 3.8) is 0 Å². The van der Waals surface area contributed by atoms with Crippen LogP contribution in [-0.2, 0) is 6.42 Å². The van der Waals surface area contributed by atoms with E-state index in [1.165, 1.54) is 4.88 Å². The Morgan fingerprint density at radius 2 is 2.11 bits per heavy atom. The van der Waals surface area contributed by atoms with Crippen LogP contribution >= 0.6 is 22.9 Å². The molecule has 0 saturated carbocycles. The number of benzene rings is 1. The average molecular weight is 296 g/mol. The Morgan fingerprint density at radius 1 is 1.32 bits per heavy atom. The molecule has 0 atom stereocenters. The molecule has 0 aliphatic heterocycles. The maximum Gasteiger partial charge on any atom is 0.250 e. The number of nitrogens with one attached hydrogen (secondary N) is 1. The van der Waals surface area contributed by atoms with Crippen LogP contribution in [-0.4, -0.2) is 12.5 Å². The molecule has 0 saturated heterocycles. The fourth-order valence-electron chi connectivity index (χ4n) is 1.73. The number of nitrogen functional groups attached to an aromatic ring is 1. The number of amides is 1. The maximum atomic E-state index is 11.3. The number of rotatable bonds is 5. The summed E-state index contributed by atoms with van der Waals surface area (Å²) in [5, 5.41) is 3.19. The van der Waals surface area contributed by atoms with Crippen LogP contribution in [0.4, 0.5) is 11.4 Å². The standard InChI is InChI=1S/C13H14ClN3OS/c14-12-4-2-9(19-12)5-6-17-11-3-1-8(15)7-10(11)13(16)18/h1-4,7,17H,5-6,15H2,(H2,16,18). The lowest BCUT2D eigenvalue weighted by atomic mass is 10.1. The maximum absolute atomic E-state index is 11.3. The molecule has 0 aliphatic carbocycles. The molecule has 100 valence electrons.